The number of benzene rings is 1. The molecule has 0 atom stereocenters. The van der Waals surface area contributed by atoms with E-state index in [9.17, 15) is 4.79 Å². The smallest absolute Gasteiger partial charge is 0.273 e. The van der Waals surface area contributed by atoms with Crippen molar-refractivity contribution >= 4 is 11.6 Å². The predicted molar refractivity (Wildman–Crippen MR) is 80.9 cm³/mol. The highest BCUT2D eigenvalue weighted by Crippen LogP contribution is 2.17. The van der Waals surface area contributed by atoms with Gasteiger partial charge in [-0.1, -0.05) is 17.9 Å². The molecular formula is C16H17N3O2. The van der Waals surface area contributed by atoms with Gasteiger partial charge in [0, 0.05) is 19.0 Å². The summed E-state index contributed by atoms with van der Waals surface area (Å²) in [6, 6.07) is 5.64. The molecule has 108 valence electrons. The van der Waals surface area contributed by atoms with Crippen LogP contribution in [0.25, 0.3) is 0 Å². The minimum absolute atomic E-state index is 0.0233. The Balaban J connectivity index is 2.26. The molecule has 0 aliphatic carbocycles. The minimum atomic E-state index is -0.232. The largest absolute Gasteiger partial charge is 0.395 e. The molecule has 0 spiro atoms. The van der Waals surface area contributed by atoms with E-state index in [1.165, 1.54) is 6.20 Å². The highest BCUT2D eigenvalue weighted by Gasteiger charge is 2.11. The van der Waals surface area contributed by atoms with E-state index in [1.54, 1.807) is 17.9 Å². The van der Waals surface area contributed by atoms with Crippen molar-refractivity contribution in [1.82, 2.24) is 9.55 Å². The molecule has 2 aromatic rings. The molecule has 5 heteroatoms. The Bertz CT molecular complexity index is 708. The number of aliphatic hydroxyl groups excluding tert-OH is 1. The van der Waals surface area contributed by atoms with E-state index < -0.39 is 0 Å². The topological polar surface area (TPSA) is 67.2 Å². The van der Waals surface area contributed by atoms with Gasteiger partial charge in [-0.3, -0.25) is 4.79 Å². The van der Waals surface area contributed by atoms with E-state index in [0.29, 0.717) is 17.8 Å². The predicted octanol–water partition coefficient (Wildman–Crippen LogP) is 1.71. The maximum atomic E-state index is 12.2. The number of aliphatic hydroxyl groups is 1. The molecule has 0 aliphatic rings. The van der Waals surface area contributed by atoms with Gasteiger partial charge < -0.3 is 15.0 Å². The summed E-state index contributed by atoms with van der Waals surface area (Å²) in [6.07, 6.45) is 3.50. The van der Waals surface area contributed by atoms with Crippen LogP contribution in [0, 0.1) is 18.8 Å². The summed E-state index contributed by atoms with van der Waals surface area (Å²) in [4.78, 5) is 16.1. The number of hydrogen-bond donors (Lipinski definition) is 2. The molecule has 0 saturated heterocycles. The lowest BCUT2D eigenvalue weighted by Gasteiger charge is -2.08. The summed E-state index contributed by atoms with van der Waals surface area (Å²) < 4.78 is 1.65. The van der Waals surface area contributed by atoms with Gasteiger partial charge in [0.05, 0.1) is 24.8 Å². The average molecular weight is 283 g/mol. The molecule has 0 saturated carbocycles. The SMILES string of the molecule is Cc1ccc(NC(=O)c2cncn2C)c(C#CCCO)c1. The van der Waals surface area contributed by atoms with Gasteiger partial charge in [-0.05, 0) is 24.6 Å². The van der Waals surface area contributed by atoms with Crippen LogP contribution in [0.1, 0.15) is 28.0 Å². The van der Waals surface area contributed by atoms with Gasteiger partial charge >= 0.3 is 0 Å². The molecule has 0 radical (unpaired) electrons. The van der Waals surface area contributed by atoms with Gasteiger partial charge in [-0.25, -0.2) is 4.98 Å². The number of nitrogens with zero attached hydrogens (tertiary/aromatic N) is 2. The van der Waals surface area contributed by atoms with Gasteiger partial charge in [0.1, 0.15) is 5.69 Å². The lowest BCUT2D eigenvalue weighted by atomic mass is 10.1. The summed E-state index contributed by atoms with van der Waals surface area (Å²) in [6.45, 7) is 1.99. The fraction of sp³-hybridized carbons (Fsp3) is 0.250. The van der Waals surface area contributed by atoms with Crippen molar-refractivity contribution in [2.45, 2.75) is 13.3 Å². The first-order valence-corrected chi connectivity index (χ1v) is 6.60. The zero-order valence-electron chi connectivity index (χ0n) is 12.1. The third kappa shape index (κ3) is 3.71. The molecule has 21 heavy (non-hydrogen) atoms. The molecule has 1 aromatic carbocycles. The molecule has 0 unspecified atom stereocenters. The molecular weight excluding hydrogens is 266 g/mol. The number of hydrogen-bond acceptors (Lipinski definition) is 3. The number of carbonyl (C=O) groups excluding carboxylic acids is 1. The third-order valence-corrected chi connectivity index (χ3v) is 2.93. The van der Waals surface area contributed by atoms with Crippen molar-refractivity contribution in [2.24, 2.45) is 7.05 Å². The molecule has 0 bridgehead atoms. The van der Waals surface area contributed by atoms with Crippen LogP contribution in [0.2, 0.25) is 0 Å². The van der Waals surface area contributed by atoms with E-state index in [-0.39, 0.29) is 12.5 Å². The molecule has 2 N–H and O–H groups in total. The van der Waals surface area contributed by atoms with E-state index in [0.717, 1.165) is 11.1 Å². The Morgan fingerprint density at radius 2 is 2.29 bits per heavy atom. The summed E-state index contributed by atoms with van der Waals surface area (Å²) in [7, 11) is 1.76. The number of nitrogens with one attached hydrogen (secondary N) is 1. The van der Waals surface area contributed by atoms with Crippen LogP contribution in [0.4, 0.5) is 5.69 Å². The zero-order chi connectivity index (χ0) is 15.2. The van der Waals surface area contributed by atoms with Gasteiger partial charge in [0.2, 0.25) is 0 Å². The third-order valence-electron chi connectivity index (χ3n) is 2.93. The van der Waals surface area contributed by atoms with E-state index in [4.69, 9.17) is 5.11 Å². The van der Waals surface area contributed by atoms with Crippen LogP contribution >= 0.6 is 0 Å². The Kier molecular flexibility index (Phi) is 4.75. The second kappa shape index (κ2) is 6.73. The van der Waals surface area contributed by atoms with Crippen LogP contribution in [-0.4, -0.2) is 27.2 Å². The number of amides is 1. The maximum Gasteiger partial charge on any atom is 0.273 e. The van der Waals surface area contributed by atoms with Crippen molar-refractivity contribution in [1.29, 1.82) is 0 Å². The van der Waals surface area contributed by atoms with Crippen LogP contribution in [0.15, 0.2) is 30.7 Å². The van der Waals surface area contributed by atoms with E-state index >= 15 is 0 Å². The van der Waals surface area contributed by atoms with E-state index in [2.05, 4.69) is 22.1 Å². The summed E-state index contributed by atoms with van der Waals surface area (Å²) >= 11 is 0. The van der Waals surface area contributed by atoms with Crippen LogP contribution in [0.3, 0.4) is 0 Å². The van der Waals surface area contributed by atoms with Gasteiger partial charge in [0.25, 0.3) is 5.91 Å². The zero-order valence-corrected chi connectivity index (χ0v) is 12.1. The summed E-state index contributed by atoms with van der Waals surface area (Å²) in [5, 5.41) is 11.6. The maximum absolute atomic E-state index is 12.2. The second-order valence-corrected chi connectivity index (χ2v) is 4.67. The molecule has 1 aromatic heterocycles. The number of aryl methyl sites for hydroxylation is 2. The molecule has 1 heterocycles. The Hall–Kier alpha value is -2.58. The highest BCUT2D eigenvalue weighted by molar-refractivity contribution is 6.03. The van der Waals surface area contributed by atoms with Crippen LogP contribution < -0.4 is 5.32 Å². The Morgan fingerprint density at radius 1 is 1.48 bits per heavy atom. The molecule has 0 fully saturated rings. The summed E-state index contributed by atoms with van der Waals surface area (Å²) in [5.74, 6) is 5.61. The fourth-order valence-corrected chi connectivity index (χ4v) is 1.85. The highest BCUT2D eigenvalue weighted by atomic mass is 16.2. The van der Waals surface area contributed by atoms with Crippen molar-refractivity contribution in [2.75, 3.05) is 11.9 Å². The molecule has 2 rings (SSSR count). The van der Waals surface area contributed by atoms with E-state index in [1.807, 2.05) is 25.1 Å². The van der Waals surface area contributed by atoms with Gasteiger partial charge in [0.15, 0.2) is 0 Å². The average Bonchev–Trinajstić information content (AvgIpc) is 2.88. The van der Waals surface area contributed by atoms with Crippen molar-refractivity contribution in [3.8, 4) is 11.8 Å². The standard InChI is InChI=1S/C16H17N3O2/c1-12-6-7-14(13(9-12)5-3-4-8-20)18-16(21)15-10-17-11-19(15)2/h6-7,9-11,20H,4,8H2,1-2H3,(H,18,21). The van der Waals surface area contributed by atoms with Gasteiger partial charge in [-0.15, -0.1) is 0 Å². The number of imidazole rings is 1. The van der Waals surface area contributed by atoms with Crippen molar-refractivity contribution in [3.63, 3.8) is 0 Å². The normalized spacial score (nSPS) is 9.86. The second-order valence-electron chi connectivity index (χ2n) is 4.67. The Morgan fingerprint density at radius 3 is 2.95 bits per heavy atom. The first-order chi connectivity index (χ1) is 10.1. The fourth-order valence-electron chi connectivity index (χ4n) is 1.85. The van der Waals surface area contributed by atoms with Crippen molar-refractivity contribution in [3.05, 3.63) is 47.5 Å². The summed E-state index contributed by atoms with van der Waals surface area (Å²) in [5.41, 5.74) is 2.92. The van der Waals surface area contributed by atoms with Crippen LogP contribution in [0.5, 0.6) is 0 Å². The number of anilines is 1. The first kappa shape index (κ1) is 14.8. The first-order valence-electron chi connectivity index (χ1n) is 6.60. The number of aromatic nitrogens is 2. The van der Waals surface area contributed by atoms with Gasteiger partial charge in [-0.2, -0.15) is 0 Å². The molecule has 1 amide bonds. The minimum Gasteiger partial charge on any atom is -0.395 e. The monoisotopic (exact) mass is 283 g/mol. The quantitative estimate of drug-likeness (QED) is 0.843. The number of rotatable bonds is 3. The number of carbonyl (C=O) groups is 1. The van der Waals surface area contributed by atoms with Crippen molar-refractivity contribution < 1.29 is 9.90 Å². The molecule has 5 nitrogen and oxygen atoms in total. The van der Waals surface area contributed by atoms with Crippen LogP contribution in [-0.2, 0) is 7.05 Å². The molecule has 0 aliphatic heterocycles. The lowest BCUT2D eigenvalue weighted by Crippen LogP contribution is -2.16. The lowest BCUT2D eigenvalue weighted by molar-refractivity contribution is 0.101. The Labute approximate surface area is 123 Å².